The number of hydrogen-bond donors (Lipinski definition) is 3. The van der Waals surface area contributed by atoms with E-state index in [0.29, 0.717) is 15.7 Å². The van der Waals surface area contributed by atoms with Crippen molar-refractivity contribution in [1.29, 1.82) is 0 Å². The molecule has 0 saturated carbocycles. The van der Waals surface area contributed by atoms with Crippen molar-refractivity contribution in [2.75, 3.05) is 12.4 Å². The number of rotatable bonds is 7. The first kappa shape index (κ1) is 21.4. The normalized spacial score (nSPS) is 13.7. The summed E-state index contributed by atoms with van der Waals surface area (Å²) in [4.78, 5) is 8.33. The topological polar surface area (TPSA) is 137 Å². The van der Waals surface area contributed by atoms with Crippen LogP contribution in [-0.2, 0) is 10.0 Å². The van der Waals surface area contributed by atoms with Crippen LogP contribution in [0.15, 0.2) is 27.7 Å². The van der Waals surface area contributed by atoms with E-state index in [0.717, 1.165) is 0 Å². The van der Waals surface area contributed by atoms with Gasteiger partial charge in [0.1, 0.15) is 16.7 Å². The number of anilines is 2. The van der Waals surface area contributed by atoms with Crippen molar-refractivity contribution >= 4 is 37.6 Å². The molecule has 0 aliphatic heterocycles. The number of hydrogen-bond acceptors (Lipinski definition) is 8. The van der Waals surface area contributed by atoms with Crippen molar-refractivity contribution < 1.29 is 23.0 Å². The summed E-state index contributed by atoms with van der Waals surface area (Å²) in [6.07, 6.45) is 0.351. The van der Waals surface area contributed by atoms with E-state index in [1.165, 1.54) is 19.4 Å². The van der Waals surface area contributed by atoms with E-state index in [1.807, 2.05) is 0 Å². The lowest BCUT2D eigenvalue weighted by molar-refractivity contribution is 0.0569. The zero-order chi connectivity index (χ0) is 20.4. The van der Waals surface area contributed by atoms with Crippen molar-refractivity contribution in [1.82, 2.24) is 9.97 Å². The van der Waals surface area contributed by atoms with Crippen LogP contribution < -0.4 is 19.9 Å². The number of aliphatic hydroxyl groups is 1. The van der Waals surface area contributed by atoms with E-state index in [1.54, 1.807) is 26.8 Å². The van der Waals surface area contributed by atoms with Gasteiger partial charge in [-0.1, -0.05) is 0 Å². The molecule has 1 aromatic heterocycles. The molecule has 27 heavy (non-hydrogen) atoms. The Bertz CT molecular complexity index is 937. The zero-order valence-electron chi connectivity index (χ0n) is 15.2. The smallest absolute Gasteiger partial charge is 0.242 e. The highest BCUT2D eigenvalue weighted by Crippen LogP contribution is 2.32. The fourth-order valence-electron chi connectivity index (χ4n) is 2.23. The molecule has 1 heterocycles. The van der Waals surface area contributed by atoms with Crippen LogP contribution in [0.5, 0.6) is 11.6 Å². The van der Waals surface area contributed by atoms with Gasteiger partial charge in [0, 0.05) is 11.8 Å². The number of aliphatic hydroxyl groups excluding tert-OH is 1. The van der Waals surface area contributed by atoms with E-state index in [-0.39, 0.29) is 22.5 Å². The fraction of sp³-hybridized carbons (Fsp3) is 0.375. The second-order valence-corrected chi connectivity index (χ2v) is 8.26. The van der Waals surface area contributed by atoms with Gasteiger partial charge in [-0.2, -0.15) is 4.98 Å². The largest absolute Gasteiger partial charge is 0.495 e. The summed E-state index contributed by atoms with van der Waals surface area (Å²) in [6, 6.07) is 3.07. The Kier molecular flexibility index (Phi) is 6.63. The number of sulfonamides is 1. The molecule has 2 aromatic rings. The Labute approximate surface area is 166 Å². The van der Waals surface area contributed by atoms with Gasteiger partial charge in [-0.3, -0.25) is 0 Å². The summed E-state index contributed by atoms with van der Waals surface area (Å²) in [7, 11) is -2.58. The summed E-state index contributed by atoms with van der Waals surface area (Å²) in [5.74, 6) is 0.581. The molecule has 0 aliphatic carbocycles. The number of ether oxygens (including phenoxy) is 2. The SMILES string of the molecule is COc1cc(Nc2ncc(Br)c(O[C@H](C)[C@@H](C)O)n2)cc(C)c1S(N)(=O)=O. The number of halogens is 1. The number of nitrogens with two attached hydrogens (primary N) is 1. The van der Waals surface area contributed by atoms with Gasteiger partial charge in [0.15, 0.2) is 0 Å². The van der Waals surface area contributed by atoms with Gasteiger partial charge in [0.05, 0.1) is 23.9 Å². The van der Waals surface area contributed by atoms with E-state index in [9.17, 15) is 13.5 Å². The van der Waals surface area contributed by atoms with Gasteiger partial charge in [0.25, 0.3) is 0 Å². The summed E-state index contributed by atoms with van der Waals surface area (Å²) in [5.41, 5.74) is 0.921. The molecule has 0 amide bonds. The van der Waals surface area contributed by atoms with Gasteiger partial charge in [0.2, 0.25) is 21.9 Å². The van der Waals surface area contributed by atoms with Crippen molar-refractivity contribution in [3.8, 4) is 11.6 Å². The molecule has 11 heteroatoms. The standard InChI is InChI=1S/C16H21BrN4O5S/c1-8-5-11(6-13(25-4)14(8)27(18,23)24)20-16-19-7-12(17)15(21-16)26-10(3)9(2)22/h5-7,9-10,22H,1-4H3,(H2,18,23,24)(H,19,20,21)/t9-,10-/m1/s1. The van der Waals surface area contributed by atoms with Gasteiger partial charge in [-0.05, 0) is 48.3 Å². The van der Waals surface area contributed by atoms with Gasteiger partial charge < -0.3 is 19.9 Å². The maximum atomic E-state index is 11.8. The average Bonchev–Trinajstić information content (AvgIpc) is 2.55. The second kappa shape index (κ2) is 8.38. The van der Waals surface area contributed by atoms with Crippen molar-refractivity contribution in [3.05, 3.63) is 28.4 Å². The van der Waals surface area contributed by atoms with Crippen molar-refractivity contribution in [2.24, 2.45) is 5.14 Å². The Morgan fingerprint density at radius 3 is 2.56 bits per heavy atom. The third-order valence-electron chi connectivity index (χ3n) is 3.69. The molecule has 2 atom stereocenters. The Morgan fingerprint density at radius 2 is 2.00 bits per heavy atom. The molecule has 0 radical (unpaired) electrons. The van der Waals surface area contributed by atoms with Crippen LogP contribution in [0.2, 0.25) is 0 Å². The lowest BCUT2D eigenvalue weighted by Gasteiger charge is -2.18. The van der Waals surface area contributed by atoms with E-state index in [2.05, 4.69) is 31.2 Å². The maximum Gasteiger partial charge on any atom is 0.242 e. The van der Waals surface area contributed by atoms with E-state index >= 15 is 0 Å². The van der Waals surface area contributed by atoms with Crippen molar-refractivity contribution in [3.63, 3.8) is 0 Å². The zero-order valence-corrected chi connectivity index (χ0v) is 17.6. The lowest BCUT2D eigenvalue weighted by atomic mass is 10.2. The summed E-state index contributed by atoms with van der Waals surface area (Å²) < 4.78 is 34.8. The van der Waals surface area contributed by atoms with E-state index in [4.69, 9.17) is 14.6 Å². The maximum absolute atomic E-state index is 11.8. The fourth-order valence-corrected chi connectivity index (χ4v) is 3.44. The van der Waals surface area contributed by atoms with Gasteiger partial charge in [-0.15, -0.1) is 0 Å². The van der Waals surface area contributed by atoms with Crippen LogP contribution in [-0.4, -0.2) is 42.8 Å². The number of aryl methyl sites for hydroxylation is 1. The van der Waals surface area contributed by atoms with Crippen LogP contribution >= 0.6 is 15.9 Å². The molecule has 0 saturated heterocycles. The molecule has 0 aliphatic rings. The summed E-state index contributed by atoms with van der Waals surface area (Å²) in [6.45, 7) is 4.93. The molecular weight excluding hydrogens is 440 g/mol. The summed E-state index contributed by atoms with van der Waals surface area (Å²) in [5, 5.41) is 17.8. The van der Waals surface area contributed by atoms with Crippen LogP contribution in [0.25, 0.3) is 0 Å². The van der Waals surface area contributed by atoms with Gasteiger partial charge >= 0.3 is 0 Å². The first-order chi connectivity index (χ1) is 12.5. The molecule has 2 rings (SSSR count). The number of methoxy groups -OCH3 is 1. The molecule has 0 unspecified atom stereocenters. The van der Waals surface area contributed by atoms with Crippen LogP contribution in [0, 0.1) is 6.92 Å². The molecule has 148 valence electrons. The number of benzene rings is 1. The third kappa shape index (κ3) is 5.28. The quantitative estimate of drug-likeness (QED) is 0.570. The van der Waals surface area contributed by atoms with Gasteiger partial charge in [-0.25, -0.2) is 18.5 Å². The lowest BCUT2D eigenvalue weighted by Crippen LogP contribution is -2.26. The number of primary sulfonamides is 1. The Balaban J connectivity index is 2.36. The predicted octanol–water partition coefficient (Wildman–Crippen LogP) is 2.10. The summed E-state index contributed by atoms with van der Waals surface area (Å²) >= 11 is 3.30. The second-order valence-electron chi connectivity index (χ2n) is 5.90. The minimum Gasteiger partial charge on any atom is -0.495 e. The average molecular weight is 461 g/mol. The highest BCUT2D eigenvalue weighted by atomic mass is 79.9. The van der Waals surface area contributed by atoms with Crippen LogP contribution in [0.1, 0.15) is 19.4 Å². The highest BCUT2D eigenvalue weighted by molar-refractivity contribution is 9.10. The highest BCUT2D eigenvalue weighted by Gasteiger charge is 2.20. The number of nitrogens with zero attached hydrogens (tertiary/aromatic N) is 2. The molecule has 0 fully saturated rings. The first-order valence-electron chi connectivity index (χ1n) is 7.88. The Hall–Kier alpha value is -1.95. The monoisotopic (exact) mass is 460 g/mol. The molecule has 1 aromatic carbocycles. The minimum absolute atomic E-state index is 0.0814. The molecule has 0 spiro atoms. The molecule has 4 N–H and O–H groups in total. The number of nitrogens with one attached hydrogen (secondary N) is 1. The van der Waals surface area contributed by atoms with Crippen molar-refractivity contribution in [2.45, 2.75) is 37.9 Å². The molecule has 9 nitrogen and oxygen atoms in total. The van der Waals surface area contributed by atoms with Crippen LogP contribution in [0.4, 0.5) is 11.6 Å². The first-order valence-corrected chi connectivity index (χ1v) is 10.2. The number of aromatic nitrogens is 2. The Morgan fingerprint density at radius 1 is 1.33 bits per heavy atom. The van der Waals surface area contributed by atoms with E-state index < -0.39 is 22.2 Å². The third-order valence-corrected chi connectivity index (χ3v) is 5.33. The minimum atomic E-state index is -3.93. The van der Waals surface area contributed by atoms with Crippen LogP contribution in [0.3, 0.4) is 0 Å². The molecule has 0 bridgehead atoms. The predicted molar refractivity (Wildman–Crippen MR) is 104 cm³/mol. The molecular formula is C16H21BrN4O5S.